The van der Waals surface area contributed by atoms with Crippen LogP contribution in [0.1, 0.15) is 34.5 Å². The van der Waals surface area contributed by atoms with Gasteiger partial charge in [0.05, 0.1) is 5.69 Å². The van der Waals surface area contributed by atoms with Crippen molar-refractivity contribution < 1.29 is 9.53 Å². The third-order valence-corrected chi connectivity index (χ3v) is 3.61. The summed E-state index contributed by atoms with van der Waals surface area (Å²) in [5.41, 5.74) is 2.46. The predicted molar refractivity (Wildman–Crippen MR) is 83.6 cm³/mol. The number of aromatic nitrogens is 2. The first kappa shape index (κ1) is 16.4. The fourth-order valence-electron chi connectivity index (χ4n) is 2.36. The number of pyridine rings is 2. The molecule has 1 N–H and O–H groups in total. The van der Waals surface area contributed by atoms with Crippen LogP contribution in [0.3, 0.4) is 0 Å². The van der Waals surface area contributed by atoms with Crippen LogP contribution in [0.5, 0.6) is 0 Å². The molecular weight excluding hydrogens is 294 g/mol. The zero-order valence-electron chi connectivity index (χ0n) is 13.0. The van der Waals surface area contributed by atoms with E-state index in [2.05, 4.69) is 9.97 Å². The van der Waals surface area contributed by atoms with Gasteiger partial charge in [-0.2, -0.15) is 5.26 Å². The van der Waals surface area contributed by atoms with E-state index in [4.69, 9.17) is 10.00 Å². The summed E-state index contributed by atoms with van der Waals surface area (Å²) in [5, 5.41) is 9.03. The molecule has 0 unspecified atom stereocenters. The third kappa shape index (κ3) is 4.04. The van der Waals surface area contributed by atoms with Crippen LogP contribution < -0.4 is 5.56 Å². The Morgan fingerprint density at radius 2 is 2.17 bits per heavy atom. The normalized spacial score (nSPS) is 10.1. The summed E-state index contributed by atoms with van der Waals surface area (Å²) in [4.78, 5) is 30.2. The number of carbonyl (C=O) groups excluding carboxylic acids is 1. The second kappa shape index (κ2) is 7.36. The molecule has 0 spiro atoms. The van der Waals surface area contributed by atoms with Crippen molar-refractivity contribution in [2.75, 3.05) is 0 Å². The van der Waals surface area contributed by atoms with E-state index in [0.29, 0.717) is 23.4 Å². The average molecular weight is 311 g/mol. The standard InChI is InChI=1S/C17H17N3O3/c1-11-14(12(2)20-17(22)15(11)9-18)6-7-16(21)23-10-13-5-3-4-8-19-13/h3-5,8H,6-7,10H2,1-2H3,(H,20,22). The number of rotatable bonds is 5. The van der Waals surface area contributed by atoms with E-state index in [9.17, 15) is 9.59 Å². The van der Waals surface area contributed by atoms with Crippen LogP contribution in [0.25, 0.3) is 0 Å². The fraction of sp³-hybridized carbons (Fsp3) is 0.294. The molecule has 0 amide bonds. The van der Waals surface area contributed by atoms with Gasteiger partial charge >= 0.3 is 5.97 Å². The number of nitrogens with one attached hydrogen (secondary N) is 1. The molecule has 0 aliphatic heterocycles. The largest absolute Gasteiger partial charge is 0.459 e. The Labute approximate surface area is 133 Å². The summed E-state index contributed by atoms with van der Waals surface area (Å²) >= 11 is 0. The average Bonchev–Trinajstić information content (AvgIpc) is 2.53. The lowest BCUT2D eigenvalue weighted by Crippen LogP contribution is -2.17. The van der Waals surface area contributed by atoms with E-state index < -0.39 is 5.56 Å². The summed E-state index contributed by atoms with van der Waals surface area (Å²) in [6.07, 6.45) is 2.22. The van der Waals surface area contributed by atoms with Crippen LogP contribution in [-0.2, 0) is 22.6 Å². The van der Waals surface area contributed by atoms with E-state index in [1.54, 1.807) is 32.2 Å². The molecule has 2 aromatic rings. The summed E-state index contributed by atoms with van der Waals surface area (Å²) in [7, 11) is 0. The minimum absolute atomic E-state index is 0.0902. The van der Waals surface area contributed by atoms with Gasteiger partial charge in [-0.3, -0.25) is 14.6 Å². The van der Waals surface area contributed by atoms with Gasteiger partial charge in [0.1, 0.15) is 18.2 Å². The molecule has 0 bridgehead atoms. The summed E-state index contributed by atoms with van der Waals surface area (Å²) < 4.78 is 5.17. The number of aryl methyl sites for hydroxylation is 1. The van der Waals surface area contributed by atoms with Gasteiger partial charge in [-0.1, -0.05) is 6.07 Å². The molecule has 2 heterocycles. The highest BCUT2D eigenvalue weighted by atomic mass is 16.5. The molecule has 0 saturated heterocycles. The first-order valence-corrected chi connectivity index (χ1v) is 7.21. The third-order valence-electron chi connectivity index (χ3n) is 3.61. The van der Waals surface area contributed by atoms with Gasteiger partial charge in [0, 0.05) is 18.3 Å². The topological polar surface area (TPSA) is 95.8 Å². The Balaban J connectivity index is 2.00. The van der Waals surface area contributed by atoms with Gasteiger partial charge in [0.25, 0.3) is 5.56 Å². The van der Waals surface area contributed by atoms with Crippen molar-refractivity contribution >= 4 is 5.97 Å². The quantitative estimate of drug-likeness (QED) is 0.851. The Kier molecular flexibility index (Phi) is 5.26. The van der Waals surface area contributed by atoms with Crippen LogP contribution in [0.15, 0.2) is 29.2 Å². The smallest absolute Gasteiger partial charge is 0.306 e. The lowest BCUT2D eigenvalue weighted by atomic mass is 9.99. The maximum atomic E-state index is 11.8. The van der Waals surface area contributed by atoms with Crippen molar-refractivity contribution in [3.63, 3.8) is 0 Å². The van der Waals surface area contributed by atoms with E-state index in [1.165, 1.54) is 0 Å². The molecule has 2 aromatic heterocycles. The molecule has 2 rings (SSSR count). The molecule has 0 saturated carbocycles. The Morgan fingerprint density at radius 1 is 1.39 bits per heavy atom. The highest BCUT2D eigenvalue weighted by Crippen LogP contribution is 2.15. The number of carbonyl (C=O) groups is 1. The Bertz CT molecular complexity index is 804. The van der Waals surface area contributed by atoms with Gasteiger partial charge in [-0.25, -0.2) is 0 Å². The highest BCUT2D eigenvalue weighted by molar-refractivity contribution is 5.69. The summed E-state index contributed by atoms with van der Waals surface area (Å²) in [6, 6.07) is 7.30. The number of hydrogen-bond donors (Lipinski definition) is 1. The molecular formula is C17H17N3O3. The molecule has 0 aliphatic carbocycles. The van der Waals surface area contributed by atoms with E-state index in [0.717, 1.165) is 5.56 Å². The second-order valence-corrected chi connectivity index (χ2v) is 5.15. The predicted octanol–water partition coefficient (Wildman–Crippen LogP) is 1.93. The molecule has 6 nitrogen and oxygen atoms in total. The van der Waals surface area contributed by atoms with Crippen molar-refractivity contribution in [1.29, 1.82) is 5.26 Å². The number of nitriles is 1. The van der Waals surface area contributed by atoms with Crippen LogP contribution in [0.2, 0.25) is 0 Å². The van der Waals surface area contributed by atoms with Gasteiger partial charge in [-0.15, -0.1) is 0 Å². The Morgan fingerprint density at radius 3 is 2.83 bits per heavy atom. The van der Waals surface area contributed by atoms with E-state index in [1.807, 2.05) is 12.1 Å². The van der Waals surface area contributed by atoms with E-state index >= 15 is 0 Å². The van der Waals surface area contributed by atoms with Crippen molar-refractivity contribution in [3.8, 4) is 6.07 Å². The molecule has 118 valence electrons. The zero-order chi connectivity index (χ0) is 16.8. The van der Waals surface area contributed by atoms with Gasteiger partial charge in [-0.05, 0) is 43.5 Å². The number of hydrogen-bond acceptors (Lipinski definition) is 5. The fourth-order valence-corrected chi connectivity index (χ4v) is 2.36. The van der Waals surface area contributed by atoms with Crippen LogP contribution in [0, 0.1) is 25.2 Å². The Hall–Kier alpha value is -2.94. The summed E-state index contributed by atoms with van der Waals surface area (Å²) in [6.45, 7) is 3.60. The monoisotopic (exact) mass is 311 g/mol. The van der Waals surface area contributed by atoms with Gasteiger partial charge < -0.3 is 9.72 Å². The maximum absolute atomic E-state index is 11.8. The van der Waals surface area contributed by atoms with Crippen LogP contribution in [0.4, 0.5) is 0 Å². The number of ether oxygens (including phenoxy) is 1. The highest BCUT2D eigenvalue weighted by Gasteiger charge is 2.14. The minimum atomic E-state index is -0.399. The number of esters is 1. The van der Waals surface area contributed by atoms with Gasteiger partial charge in [0.2, 0.25) is 0 Å². The van der Waals surface area contributed by atoms with Gasteiger partial charge in [0.15, 0.2) is 0 Å². The summed E-state index contributed by atoms with van der Waals surface area (Å²) in [5.74, 6) is -0.348. The lowest BCUT2D eigenvalue weighted by molar-refractivity contribution is -0.145. The zero-order valence-corrected chi connectivity index (χ0v) is 13.0. The minimum Gasteiger partial charge on any atom is -0.459 e. The maximum Gasteiger partial charge on any atom is 0.306 e. The van der Waals surface area contributed by atoms with Crippen molar-refractivity contribution in [3.05, 3.63) is 62.8 Å². The molecule has 0 aliphatic rings. The molecule has 6 heteroatoms. The van der Waals surface area contributed by atoms with Crippen LogP contribution in [-0.4, -0.2) is 15.9 Å². The molecule has 0 radical (unpaired) electrons. The lowest BCUT2D eigenvalue weighted by Gasteiger charge is -2.10. The molecule has 0 atom stereocenters. The van der Waals surface area contributed by atoms with Crippen molar-refractivity contribution in [2.24, 2.45) is 0 Å². The molecule has 0 aromatic carbocycles. The van der Waals surface area contributed by atoms with Crippen molar-refractivity contribution in [2.45, 2.75) is 33.3 Å². The van der Waals surface area contributed by atoms with Crippen molar-refractivity contribution in [1.82, 2.24) is 9.97 Å². The molecule has 23 heavy (non-hydrogen) atoms. The number of nitrogens with zero attached hydrogens (tertiary/aromatic N) is 2. The first-order chi connectivity index (χ1) is 11.0. The number of aromatic amines is 1. The SMILES string of the molecule is Cc1[nH]c(=O)c(C#N)c(C)c1CCC(=O)OCc1ccccn1. The first-order valence-electron chi connectivity index (χ1n) is 7.21. The van der Waals surface area contributed by atoms with Crippen LogP contribution >= 0.6 is 0 Å². The molecule has 0 fully saturated rings. The van der Waals surface area contributed by atoms with E-state index in [-0.39, 0.29) is 24.6 Å². The number of H-pyrrole nitrogens is 1. The second-order valence-electron chi connectivity index (χ2n) is 5.15.